The van der Waals surface area contributed by atoms with Crippen molar-refractivity contribution in [3.63, 3.8) is 0 Å². The maximum absolute atomic E-state index is 14.6. The van der Waals surface area contributed by atoms with Crippen LogP contribution in [-0.4, -0.2) is 12.1 Å². The summed E-state index contributed by atoms with van der Waals surface area (Å²) in [6, 6.07) is 20.7. The summed E-state index contributed by atoms with van der Waals surface area (Å²) in [5.74, 6) is -0.746. The van der Waals surface area contributed by atoms with Crippen molar-refractivity contribution in [3.05, 3.63) is 84.7 Å². The summed E-state index contributed by atoms with van der Waals surface area (Å²) in [5.41, 5.74) is 1.04. The third-order valence-corrected chi connectivity index (χ3v) is 3.56. The average Bonchev–Trinajstić information content (AvgIpc) is 2.66. The lowest BCUT2D eigenvalue weighted by molar-refractivity contribution is 0.261. The molecule has 4 amide bonds. The number of halogens is 1. The normalized spacial score (nSPS) is 9.96. The maximum atomic E-state index is 14.6. The predicted octanol–water partition coefficient (Wildman–Crippen LogP) is 5.11. The fourth-order valence-corrected chi connectivity index (χ4v) is 2.34. The Hall–Kier alpha value is -3.87. The molecule has 0 spiro atoms. The fraction of sp³-hybridized carbons (Fsp3) is 0. The number of nitrogens with one attached hydrogen (secondary N) is 4. The lowest BCUT2D eigenvalue weighted by atomic mass is 10.2. The molecule has 136 valence electrons. The number of hydrogen-bond donors (Lipinski definition) is 4. The first-order valence-corrected chi connectivity index (χ1v) is 8.16. The summed E-state index contributed by atoms with van der Waals surface area (Å²) in [6.45, 7) is 0. The highest BCUT2D eigenvalue weighted by atomic mass is 19.1. The molecule has 0 fully saturated rings. The summed E-state index contributed by atoms with van der Waals surface area (Å²) in [7, 11) is 0. The van der Waals surface area contributed by atoms with Gasteiger partial charge in [0.2, 0.25) is 0 Å². The highest BCUT2D eigenvalue weighted by molar-refractivity contribution is 6.02. The molecule has 7 heteroatoms. The number of para-hydroxylation sites is 2. The van der Waals surface area contributed by atoms with E-state index in [4.69, 9.17) is 0 Å². The van der Waals surface area contributed by atoms with Crippen LogP contribution < -0.4 is 21.3 Å². The second kappa shape index (κ2) is 8.48. The van der Waals surface area contributed by atoms with Gasteiger partial charge in [-0.05, 0) is 36.4 Å². The molecular weight excluding hydrogens is 347 g/mol. The van der Waals surface area contributed by atoms with E-state index >= 15 is 0 Å². The molecule has 0 aromatic heterocycles. The van der Waals surface area contributed by atoms with Gasteiger partial charge in [0.1, 0.15) is 0 Å². The molecule has 0 aliphatic rings. The molecule has 0 saturated carbocycles. The fourth-order valence-electron chi connectivity index (χ4n) is 2.34. The number of carbonyl (C=O) groups is 2. The van der Waals surface area contributed by atoms with E-state index in [9.17, 15) is 14.0 Å². The summed E-state index contributed by atoms with van der Waals surface area (Å²) in [6.07, 6.45) is 0. The number of urea groups is 2. The van der Waals surface area contributed by atoms with Gasteiger partial charge in [0.25, 0.3) is 0 Å². The zero-order chi connectivity index (χ0) is 19.1. The zero-order valence-corrected chi connectivity index (χ0v) is 14.2. The molecule has 0 atom stereocenters. The lowest BCUT2D eigenvalue weighted by Gasteiger charge is -2.12. The first kappa shape index (κ1) is 17.9. The molecule has 0 saturated heterocycles. The Balaban J connectivity index is 1.64. The van der Waals surface area contributed by atoms with Crippen LogP contribution in [0.25, 0.3) is 0 Å². The zero-order valence-electron chi connectivity index (χ0n) is 14.2. The molecular formula is C20H17FN4O2. The van der Waals surface area contributed by atoms with E-state index in [-0.39, 0.29) is 11.4 Å². The first-order chi connectivity index (χ1) is 13.1. The van der Waals surface area contributed by atoms with Crippen molar-refractivity contribution in [2.45, 2.75) is 0 Å². The van der Waals surface area contributed by atoms with E-state index in [1.54, 1.807) is 48.5 Å². The van der Waals surface area contributed by atoms with Crippen LogP contribution in [0.2, 0.25) is 0 Å². The van der Waals surface area contributed by atoms with Crippen molar-refractivity contribution < 1.29 is 14.0 Å². The minimum absolute atomic E-state index is 0.0547. The maximum Gasteiger partial charge on any atom is 0.323 e. The third-order valence-electron chi connectivity index (χ3n) is 3.56. The number of anilines is 4. The standard InChI is InChI=1S/C20H17FN4O2/c21-18-16(24-19(26)22-14-8-3-1-4-9-14)12-7-13-17(18)25-20(27)23-15-10-5-2-6-11-15/h1-13H,(H2,22,24,26)(H2,23,25,27). The minimum Gasteiger partial charge on any atom is -0.308 e. The predicted molar refractivity (Wildman–Crippen MR) is 105 cm³/mol. The van der Waals surface area contributed by atoms with Crippen molar-refractivity contribution in [2.75, 3.05) is 21.3 Å². The van der Waals surface area contributed by atoms with Gasteiger partial charge in [-0.1, -0.05) is 42.5 Å². The van der Waals surface area contributed by atoms with Crippen molar-refractivity contribution in [2.24, 2.45) is 0 Å². The van der Waals surface area contributed by atoms with E-state index < -0.39 is 17.9 Å². The van der Waals surface area contributed by atoms with Gasteiger partial charge >= 0.3 is 12.1 Å². The highest BCUT2D eigenvalue weighted by Crippen LogP contribution is 2.23. The molecule has 0 aliphatic heterocycles. The summed E-state index contributed by atoms with van der Waals surface area (Å²) < 4.78 is 14.6. The largest absolute Gasteiger partial charge is 0.323 e. The Morgan fingerprint density at radius 2 is 0.963 bits per heavy atom. The average molecular weight is 364 g/mol. The van der Waals surface area contributed by atoms with Crippen LogP contribution in [0.1, 0.15) is 0 Å². The summed E-state index contributed by atoms with van der Waals surface area (Å²) >= 11 is 0. The molecule has 4 N–H and O–H groups in total. The van der Waals surface area contributed by atoms with Crippen molar-refractivity contribution >= 4 is 34.8 Å². The molecule has 27 heavy (non-hydrogen) atoms. The molecule has 0 heterocycles. The molecule has 0 bridgehead atoms. The Labute approximate surface area is 155 Å². The molecule has 0 radical (unpaired) electrons. The molecule has 3 rings (SSSR count). The minimum atomic E-state index is -0.746. The van der Waals surface area contributed by atoms with Crippen LogP contribution in [0.3, 0.4) is 0 Å². The number of hydrogen-bond acceptors (Lipinski definition) is 2. The van der Waals surface area contributed by atoms with Gasteiger partial charge in [0.15, 0.2) is 5.82 Å². The molecule has 3 aromatic carbocycles. The van der Waals surface area contributed by atoms with E-state index in [0.717, 1.165) is 0 Å². The van der Waals surface area contributed by atoms with Crippen LogP contribution in [0.5, 0.6) is 0 Å². The Bertz CT molecular complexity index is 859. The number of carbonyl (C=O) groups excluding carboxylic acids is 2. The van der Waals surface area contributed by atoms with E-state index in [0.29, 0.717) is 11.4 Å². The van der Waals surface area contributed by atoms with Gasteiger partial charge < -0.3 is 21.3 Å². The summed E-state index contributed by atoms with van der Waals surface area (Å²) in [4.78, 5) is 24.0. The summed E-state index contributed by atoms with van der Waals surface area (Å²) in [5, 5.41) is 10.0. The number of rotatable bonds is 4. The topological polar surface area (TPSA) is 82.3 Å². The molecule has 3 aromatic rings. The second-order valence-electron chi connectivity index (χ2n) is 5.56. The lowest BCUT2D eigenvalue weighted by Crippen LogP contribution is -2.22. The van der Waals surface area contributed by atoms with Crippen LogP contribution in [0, 0.1) is 5.82 Å². The van der Waals surface area contributed by atoms with Gasteiger partial charge in [-0.2, -0.15) is 0 Å². The molecule has 0 aliphatic carbocycles. The van der Waals surface area contributed by atoms with Crippen LogP contribution in [0.15, 0.2) is 78.9 Å². The first-order valence-electron chi connectivity index (χ1n) is 8.16. The van der Waals surface area contributed by atoms with Gasteiger partial charge in [0, 0.05) is 11.4 Å². The van der Waals surface area contributed by atoms with Crippen LogP contribution in [0.4, 0.5) is 36.7 Å². The van der Waals surface area contributed by atoms with Gasteiger partial charge in [-0.15, -0.1) is 0 Å². The van der Waals surface area contributed by atoms with Gasteiger partial charge in [0.05, 0.1) is 11.4 Å². The van der Waals surface area contributed by atoms with E-state index in [1.165, 1.54) is 18.2 Å². The smallest absolute Gasteiger partial charge is 0.308 e. The molecule has 0 unspecified atom stereocenters. The third kappa shape index (κ3) is 5.05. The van der Waals surface area contributed by atoms with Crippen LogP contribution >= 0.6 is 0 Å². The van der Waals surface area contributed by atoms with E-state index in [1.807, 2.05) is 12.1 Å². The van der Waals surface area contributed by atoms with Gasteiger partial charge in [-0.25, -0.2) is 14.0 Å². The van der Waals surface area contributed by atoms with Crippen molar-refractivity contribution in [1.82, 2.24) is 0 Å². The van der Waals surface area contributed by atoms with Crippen molar-refractivity contribution in [3.8, 4) is 0 Å². The van der Waals surface area contributed by atoms with Gasteiger partial charge in [-0.3, -0.25) is 0 Å². The SMILES string of the molecule is O=C(Nc1ccccc1)Nc1cccc(NC(=O)Nc2ccccc2)c1F. The number of benzene rings is 3. The Morgan fingerprint density at radius 1 is 0.556 bits per heavy atom. The van der Waals surface area contributed by atoms with Crippen molar-refractivity contribution in [1.29, 1.82) is 0 Å². The number of amides is 4. The van der Waals surface area contributed by atoms with E-state index in [2.05, 4.69) is 21.3 Å². The van der Waals surface area contributed by atoms with Crippen LogP contribution in [-0.2, 0) is 0 Å². The highest BCUT2D eigenvalue weighted by Gasteiger charge is 2.13. The molecule has 6 nitrogen and oxygen atoms in total. The quantitative estimate of drug-likeness (QED) is 0.519. The monoisotopic (exact) mass is 364 g/mol. The Kier molecular flexibility index (Phi) is 5.64. The second-order valence-corrected chi connectivity index (χ2v) is 5.56. The Morgan fingerprint density at radius 3 is 1.37 bits per heavy atom.